The van der Waals surface area contributed by atoms with Gasteiger partial charge in [0.25, 0.3) is 0 Å². The monoisotopic (exact) mass is 169 g/mol. The fraction of sp³-hybridized carbons (Fsp3) is 1.00. The van der Waals surface area contributed by atoms with Crippen molar-refractivity contribution in [1.29, 1.82) is 0 Å². The van der Waals surface area contributed by atoms with E-state index in [0.717, 1.165) is 17.9 Å². The van der Waals surface area contributed by atoms with Crippen LogP contribution >= 0.6 is 0 Å². The van der Waals surface area contributed by atoms with Crippen LogP contribution < -0.4 is 5.32 Å². The normalized spacial score (nSPS) is 35.2. The summed E-state index contributed by atoms with van der Waals surface area (Å²) >= 11 is 0. The van der Waals surface area contributed by atoms with Crippen molar-refractivity contribution in [3.05, 3.63) is 0 Å². The first-order valence-electron chi connectivity index (χ1n) is 5.27. The summed E-state index contributed by atoms with van der Waals surface area (Å²) in [6.07, 6.45) is 2.68. The Morgan fingerprint density at radius 1 is 1.00 bits per heavy atom. The van der Waals surface area contributed by atoms with Crippen LogP contribution in [0.1, 0.15) is 47.5 Å². The quantitative estimate of drug-likeness (QED) is 0.685. The second-order valence-corrected chi connectivity index (χ2v) is 5.06. The minimum atomic E-state index is 0.294. The summed E-state index contributed by atoms with van der Waals surface area (Å²) in [7, 11) is 0. The first-order valence-corrected chi connectivity index (χ1v) is 5.27. The van der Waals surface area contributed by atoms with Gasteiger partial charge in [0.2, 0.25) is 0 Å². The highest BCUT2D eigenvalue weighted by Gasteiger charge is 2.48. The molecule has 1 heteroatoms. The molecule has 0 radical (unpaired) electrons. The lowest BCUT2D eigenvalue weighted by atomic mass is 10.1. The summed E-state index contributed by atoms with van der Waals surface area (Å²) in [5, 5.41) is 3.70. The topological polar surface area (TPSA) is 12.0 Å². The zero-order chi connectivity index (χ0) is 9.35. The molecule has 1 nitrogen and oxygen atoms in total. The minimum absolute atomic E-state index is 0.294. The van der Waals surface area contributed by atoms with Crippen molar-refractivity contribution in [3.63, 3.8) is 0 Å². The Bertz CT molecular complexity index is 136. The molecule has 1 N–H and O–H groups in total. The number of hydrogen-bond donors (Lipinski definition) is 1. The van der Waals surface area contributed by atoms with Crippen LogP contribution in [-0.4, -0.2) is 11.6 Å². The molecule has 12 heavy (non-hydrogen) atoms. The third-order valence-electron chi connectivity index (χ3n) is 2.87. The van der Waals surface area contributed by atoms with Gasteiger partial charge in [0.1, 0.15) is 0 Å². The predicted molar refractivity (Wildman–Crippen MR) is 54.2 cm³/mol. The number of nitrogens with one attached hydrogen (secondary N) is 1. The summed E-state index contributed by atoms with van der Waals surface area (Å²) in [5.74, 6) is 1.91. The lowest BCUT2D eigenvalue weighted by Crippen LogP contribution is -2.38. The van der Waals surface area contributed by atoms with Gasteiger partial charge < -0.3 is 5.32 Å². The summed E-state index contributed by atoms with van der Waals surface area (Å²) in [6, 6.07) is 0.806. The maximum absolute atomic E-state index is 3.70. The fourth-order valence-electron chi connectivity index (χ4n) is 2.27. The molecule has 1 aliphatic rings. The van der Waals surface area contributed by atoms with Gasteiger partial charge in [-0.15, -0.1) is 0 Å². The van der Waals surface area contributed by atoms with Crippen molar-refractivity contribution in [2.24, 2.45) is 11.8 Å². The van der Waals surface area contributed by atoms with E-state index in [0.29, 0.717) is 5.54 Å². The molecule has 0 aliphatic heterocycles. The number of hydrogen-bond acceptors (Lipinski definition) is 1. The van der Waals surface area contributed by atoms with Gasteiger partial charge in [-0.1, -0.05) is 26.7 Å². The molecule has 2 atom stereocenters. The predicted octanol–water partition coefficient (Wildman–Crippen LogP) is 2.81. The smallest absolute Gasteiger partial charge is 0.0135 e. The molecule has 0 aromatic carbocycles. The van der Waals surface area contributed by atoms with Gasteiger partial charge in [0, 0.05) is 11.6 Å². The average Bonchev–Trinajstić information content (AvgIpc) is 2.57. The van der Waals surface area contributed by atoms with Crippen LogP contribution in [0.15, 0.2) is 0 Å². The first-order chi connectivity index (χ1) is 5.49. The Morgan fingerprint density at radius 2 is 1.42 bits per heavy atom. The molecule has 0 aromatic heterocycles. The lowest BCUT2D eigenvalue weighted by molar-refractivity contribution is 0.402. The van der Waals surface area contributed by atoms with Crippen molar-refractivity contribution < 1.29 is 0 Å². The van der Waals surface area contributed by atoms with E-state index in [4.69, 9.17) is 0 Å². The lowest BCUT2D eigenvalue weighted by Gasteiger charge is -2.21. The summed E-state index contributed by atoms with van der Waals surface area (Å²) in [4.78, 5) is 0. The summed E-state index contributed by atoms with van der Waals surface area (Å²) in [6.45, 7) is 11.4. The molecule has 1 aliphatic carbocycles. The van der Waals surface area contributed by atoms with Crippen molar-refractivity contribution in [1.82, 2.24) is 5.32 Å². The highest BCUT2D eigenvalue weighted by molar-refractivity contribution is 5.03. The Hall–Kier alpha value is -0.0400. The van der Waals surface area contributed by atoms with Gasteiger partial charge in [-0.05, 0) is 32.6 Å². The van der Waals surface area contributed by atoms with Crippen LogP contribution in [0, 0.1) is 11.8 Å². The highest BCUT2D eigenvalue weighted by atomic mass is 15.0. The Labute approximate surface area is 76.9 Å². The first kappa shape index (κ1) is 10.0. The molecule has 0 amide bonds. The molecule has 2 unspecified atom stereocenters. The molecule has 0 bridgehead atoms. The molecule has 1 saturated carbocycles. The van der Waals surface area contributed by atoms with E-state index in [9.17, 15) is 0 Å². The zero-order valence-electron chi connectivity index (χ0n) is 9.15. The van der Waals surface area contributed by atoms with Gasteiger partial charge in [-0.2, -0.15) is 0 Å². The molecule has 72 valence electrons. The van der Waals surface area contributed by atoms with Gasteiger partial charge >= 0.3 is 0 Å². The molecule has 1 fully saturated rings. The zero-order valence-corrected chi connectivity index (χ0v) is 9.15. The molecule has 0 heterocycles. The van der Waals surface area contributed by atoms with Gasteiger partial charge in [-0.25, -0.2) is 0 Å². The SMILES string of the molecule is CCC1C(CC)C1NC(C)(C)C. The van der Waals surface area contributed by atoms with E-state index in [2.05, 4.69) is 39.9 Å². The minimum Gasteiger partial charge on any atom is -0.309 e. The molecule has 1 rings (SSSR count). The largest absolute Gasteiger partial charge is 0.309 e. The van der Waals surface area contributed by atoms with E-state index in [-0.39, 0.29) is 0 Å². The van der Waals surface area contributed by atoms with Gasteiger partial charge in [-0.3, -0.25) is 0 Å². The van der Waals surface area contributed by atoms with Crippen LogP contribution in [0.2, 0.25) is 0 Å². The van der Waals surface area contributed by atoms with Crippen molar-refractivity contribution in [3.8, 4) is 0 Å². The van der Waals surface area contributed by atoms with Crippen molar-refractivity contribution >= 4 is 0 Å². The maximum atomic E-state index is 3.70. The van der Waals surface area contributed by atoms with Crippen LogP contribution in [0.5, 0.6) is 0 Å². The van der Waals surface area contributed by atoms with Crippen molar-refractivity contribution in [2.75, 3.05) is 0 Å². The van der Waals surface area contributed by atoms with E-state index in [1.807, 2.05) is 0 Å². The van der Waals surface area contributed by atoms with Crippen LogP contribution in [-0.2, 0) is 0 Å². The second-order valence-electron chi connectivity index (χ2n) is 5.06. The Balaban J connectivity index is 2.36. The van der Waals surface area contributed by atoms with Gasteiger partial charge in [0.05, 0.1) is 0 Å². The molecule has 0 saturated heterocycles. The molecule has 0 aromatic rings. The highest BCUT2D eigenvalue weighted by Crippen LogP contribution is 2.44. The Morgan fingerprint density at radius 3 is 1.67 bits per heavy atom. The molecule has 0 spiro atoms. The standard InChI is InChI=1S/C11H23N/c1-6-8-9(7-2)10(8)12-11(3,4)5/h8-10,12H,6-7H2,1-5H3. The molecular weight excluding hydrogens is 146 g/mol. The third kappa shape index (κ3) is 2.22. The van der Waals surface area contributed by atoms with Gasteiger partial charge in [0.15, 0.2) is 0 Å². The van der Waals surface area contributed by atoms with Crippen molar-refractivity contribution in [2.45, 2.75) is 59.0 Å². The van der Waals surface area contributed by atoms with Crippen LogP contribution in [0.4, 0.5) is 0 Å². The second kappa shape index (κ2) is 3.37. The fourth-order valence-corrected chi connectivity index (χ4v) is 2.27. The summed E-state index contributed by atoms with van der Waals surface area (Å²) in [5.41, 5.74) is 0.294. The maximum Gasteiger partial charge on any atom is 0.0135 e. The van der Waals surface area contributed by atoms with E-state index < -0.39 is 0 Å². The van der Waals surface area contributed by atoms with Crippen LogP contribution in [0.25, 0.3) is 0 Å². The van der Waals surface area contributed by atoms with E-state index >= 15 is 0 Å². The Kier molecular flexibility index (Phi) is 2.82. The molecular formula is C11H23N. The number of rotatable bonds is 3. The average molecular weight is 169 g/mol. The van der Waals surface area contributed by atoms with E-state index in [1.165, 1.54) is 12.8 Å². The third-order valence-corrected chi connectivity index (χ3v) is 2.87. The summed E-state index contributed by atoms with van der Waals surface area (Å²) < 4.78 is 0. The van der Waals surface area contributed by atoms with E-state index in [1.54, 1.807) is 0 Å². The van der Waals surface area contributed by atoms with Crippen LogP contribution in [0.3, 0.4) is 0 Å².